The molecule has 1 saturated carbocycles. The number of amides is 1. The van der Waals surface area contributed by atoms with E-state index in [4.69, 9.17) is 4.74 Å². The van der Waals surface area contributed by atoms with Gasteiger partial charge in [-0.05, 0) is 45.2 Å². The average Bonchev–Trinajstić information content (AvgIpc) is 2.72. The molecule has 0 aromatic carbocycles. The summed E-state index contributed by atoms with van der Waals surface area (Å²) >= 11 is 1.29. The third-order valence-electron chi connectivity index (χ3n) is 4.92. The Morgan fingerprint density at radius 1 is 1.31 bits per heavy atom. The highest BCUT2D eigenvalue weighted by Crippen LogP contribution is 2.26. The van der Waals surface area contributed by atoms with Gasteiger partial charge in [0.25, 0.3) is 0 Å². The van der Waals surface area contributed by atoms with Gasteiger partial charge in [-0.2, -0.15) is 4.31 Å². The fraction of sp³-hybridized carbons (Fsp3) is 0.700. The van der Waals surface area contributed by atoms with Crippen LogP contribution in [0.15, 0.2) is 28.3 Å². The number of sulfonamides is 1. The fourth-order valence-corrected chi connectivity index (χ4v) is 5.26. The lowest BCUT2D eigenvalue weighted by Gasteiger charge is -2.30. The maximum atomic E-state index is 12.8. The summed E-state index contributed by atoms with van der Waals surface area (Å²) in [6, 6.07) is 3.30. The molecule has 1 amide bonds. The number of carbonyl (C=O) groups is 1. The SMILES string of the molecule is CC(C)OCCCNC(=O)CSc1ccc(S(=O)(=O)N(C)C2CCCCC2)cn1. The predicted octanol–water partition coefficient (Wildman–Crippen LogP) is 3.06. The van der Waals surface area contributed by atoms with Gasteiger partial charge in [0.15, 0.2) is 0 Å². The highest BCUT2D eigenvalue weighted by atomic mass is 32.2. The van der Waals surface area contributed by atoms with E-state index in [9.17, 15) is 13.2 Å². The van der Waals surface area contributed by atoms with Crippen LogP contribution in [-0.2, 0) is 19.6 Å². The number of nitrogens with zero attached hydrogens (tertiary/aromatic N) is 2. The Labute approximate surface area is 179 Å². The normalized spacial score (nSPS) is 15.8. The molecule has 0 saturated heterocycles. The molecular formula is C20H33N3O4S2. The van der Waals surface area contributed by atoms with Crippen molar-refractivity contribution in [1.29, 1.82) is 0 Å². The minimum atomic E-state index is -3.54. The summed E-state index contributed by atoms with van der Waals surface area (Å²) < 4.78 is 32.6. The van der Waals surface area contributed by atoms with E-state index in [0.29, 0.717) is 18.2 Å². The van der Waals surface area contributed by atoms with Gasteiger partial charge in [-0.1, -0.05) is 31.0 Å². The Balaban J connectivity index is 1.79. The van der Waals surface area contributed by atoms with Gasteiger partial charge in [-0.15, -0.1) is 0 Å². The molecular weight excluding hydrogens is 410 g/mol. The fourth-order valence-electron chi connectivity index (χ4n) is 3.22. The number of carbonyl (C=O) groups excluding carboxylic acids is 1. The Morgan fingerprint density at radius 3 is 2.66 bits per heavy atom. The van der Waals surface area contributed by atoms with Crippen LogP contribution in [-0.4, -0.2) is 61.7 Å². The van der Waals surface area contributed by atoms with E-state index in [0.717, 1.165) is 32.1 Å². The number of nitrogens with one attached hydrogen (secondary N) is 1. The number of ether oxygens (including phenoxy) is 1. The lowest BCUT2D eigenvalue weighted by atomic mass is 9.96. The van der Waals surface area contributed by atoms with Gasteiger partial charge in [0, 0.05) is 32.4 Å². The zero-order chi connectivity index (χ0) is 21.3. The van der Waals surface area contributed by atoms with Crippen LogP contribution in [0.2, 0.25) is 0 Å². The molecule has 1 aromatic rings. The Bertz CT molecular complexity index is 733. The summed E-state index contributed by atoms with van der Waals surface area (Å²) in [6.45, 7) is 5.15. The van der Waals surface area contributed by atoms with Crippen LogP contribution in [0.25, 0.3) is 0 Å². The van der Waals surface area contributed by atoms with E-state index < -0.39 is 10.0 Å². The molecule has 7 nitrogen and oxygen atoms in total. The van der Waals surface area contributed by atoms with Crippen molar-refractivity contribution >= 4 is 27.7 Å². The molecule has 0 atom stereocenters. The first-order chi connectivity index (χ1) is 13.8. The van der Waals surface area contributed by atoms with E-state index in [-0.39, 0.29) is 28.7 Å². The second kappa shape index (κ2) is 11.9. The summed E-state index contributed by atoms with van der Waals surface area (Å²) in [7, 11) is -1.88. The maximum absolute atomic E-state index is 12.8. The van der Waals surface area contributed by atoms with Crippen molar-refractivity contribution in [2.24, 2.45) is 0 Å². The van der Waals surface area contributed by atoms with Gasteiger partial charge in [-0.25, -0.2) is 13.4 Å². The van der Waals surface area contributed by atoms with Crippen molar-refractivity contribution in [1.82, 2.24) is 14.6 Å². The molecule has 0 unspecified atom stereocenters. The number of rotatable bonds is 11. The molecule has 0 radical (unpaired) electrons. The van der Waals surface area contributed by atoms with Crippen molar-refractivity contribution in [3.8, 4) is 0 Å². The average molecular weight is 444 g/mol. The van der Waals surface area contributed by atoms with Crippen molar-refractivity contribution in [2.75, 3.05) is 26.0 Å². The number of aromatic nitrogens is 1. The molecule has 1 heterocycles. The topological polar surface area (TPSA) is 88.6 Å². The van der Waals surface area contributed by atoms with Crippen molar-refractivity contribution in [3.05, 3.63) is 18.3 Å². The van der Waals surface area contributed by atoms with Gasteiger partial charge in [0.1, 0.15) is 4.90 Å². The first-order valence-electron chi connectivity index (χ1n) is 10.3. The van der Waals surface area contributed by atoms with E-state index in [1.807, 2.05) is 13.8 Å². The zero-order valence-electron chi connectivity index (χ0n) is 17.6. The molecule has 29 heavy (non-hydrogen) atoms. The number of hydrogen-bond donors (Lipinski definition) is 1. The van der Waals surface area contributed by atoms with Crippen molar-refractivity contribution in [3.63, 3.8) is 0 Å². The predicted molar refractivity (Wildman–Crippen MR) is 115 cm³/mol. The van der Waals surface area contributed by atoms with Crippen molar-refractivity contribution < 1.29 is 17.9 Å². The maximum Gasteiger partial charge on any atom is 0.244 e. The van der Waals surface area contributed by atoms with E-state index in [2.05, 4.69) is 10.3 Å². The largest absolute Gasteiger partial charge is 0.379 e. The van der Waals surface area contributed by atoms with Crippen molar-refractivity contribution in [2.45, 2.75) is 74.4 Å². The third kappa shape index (κ3) is 7.88. The van der Waals surface area contributed by atoms with Gasteiger partial charge < -0.3 is 10.1 Å². The lowest BCUT2D eigenvalue weighted by Crippen LogP contribution is -2.38. The van der Waals surface area contributed by atoms with Crippen LogP contribution >= 0.6 is 11.8 Å². The van der Waals surface area contributed by atoms with Crippen LogP contribution in [0, 0.1) is 0 Å². The van der Waals surface area contributed by atoms with Crippen LogP contribution in [0.5, 0.6) is 0 Å². The first kappa shape index (κ1) is 24.1. The van der Waals surface area contributed by atoms with E-state index in [1.54, 1.807) is 19.2 Å². The summed E-state index contributed by atoms with van der Waals surface area (Å²) in [5.74, 6) is 0.168. The Kier molecular flexibility index (Phi) is 9.88. The summed E-state index contributed by atoms with van der Waals surface area (Å²) in [5.41, 5.74) is 0. The minimum Gasteiger partial charge on any atom is -0.379 e. The summed E-state index contributed by atoms with van der Waals surface area (Å²) in [5, 5.41) is 3.47. The standard InChI is InChI=1S/C20H33N3O4S2/c1-16(2)27-13-7-12-21-19(24)15-28-20-11-10-18(14-22-20)29(25,26)23(3)17-8-5-4-6-9-17/h10-11,14,16-17H,4-9,12-13,15H2,1-3H3,(H,21,24). The third-order valence-corrected chi connectivity index (χ3v) is 7.76. The van der Waals surface area contributed by atoms with Crippen LogP contribution in [0.4, 0.5) is 0 Å². The molecule has 0 spiro atoms. The molecule has 1 N–H and O–H groups in total. The van der Waals surface area contributed by atoms with Gasteiger partial charge in [0.2, 0.25) is 15.9 Å². The zero-order valence-corrected chi connectivity index (χ0v) is 19.2. The molecule has 0 bridgehead atoms. The van der Waals surface area contributed by atoms with Crippen LogP contribution < -0.4 is 5.32 Å². The quantitative estimate of drug-likeness (QED) is 0.418. The molecule has 1 aliphatic rings. The van der Waals surface area contributed by atoms with Gasteiger partial charge in [-0.3, -0.25) is 4.79 Å². The molecule has 164 valence electrons. The highest BCUT2D eigenvalue weighted by Gasteiger charge is 2.29. The highest BCUT2D eigenvalue weighted by molar-refractivity contribution is 7.99. The minimum absolute atomic E-state index is 0.0671. The monoisotopic (exact) mass is 443 g/mol. The van der Waals surface area contributed by atoms with E-state index >= 15 is 0 Å². The smallest absolute Gasteiger partial charge is 0.244 e. The molecule has 9 heteroatoms. The molecule has 1 aromatic heterocycles. The number of pyridine rings is 1. The second-order valence-electron chi connectivity index (χ2n) is 7.56. The van der Waals surface area contributed by atoms with Crippen LogP contribution in [0.1, 0.15) is 52.4 Å². The Morgan fingerprint density at radius 2 is 2.03 bits per heavy atom. The summed E-state index contributed by atoms with van der Waals surface area (Å²) in [4.78, 5) is 16.3. The summed E-state index contributed by atoms with van der Waals surface area (Å²) in [6.07, 6.45) is 7.51. The molecule has 1 aliphatic carbocycles. The van der Waals surface area contributed by atoms with Crippen LogP contribution in [0.3, 0.4) is 0 Å². The molecule has 1 fully saturated rings. The first-order valence-corrected chi connectivity index (χ1v) is 12.7. The number of thioether (sulfide) groups is 1. The second-order valence-corrected chi connectivity index (χ2v) is 10.6. The van der Waals surface area contributed by atoms with Gasteiger partial charge >= 0.3 is 0 Å². The number of hydrogen-bond acceptors (Lipinski definition) is 6. The van der Waals surface area contributed by atoms with Gasteiger partial charge in [0.05, 0.1) is 16.9 Å². The Hall–Kier alpha value is -1.16. The lowest BCUT2D eigenvalue weighted by molar-refractivity contribution is -0.118. The molecule has 2 rings (SSSR count). The molecule has 0 aliphatic heterocycles. The van der Waals surface area contributed by atoms with E-state index in [1.165, 1.54) is 28.7 Å².